The molecule has 3 rings (SSSR count). The second-order valence-electron chi connectivity index (χ2n) is 6.26. The zero-order chi connectivity index (χ0) is 18.1. The molecule has 2 aromatic rings. The molecule has 5 nitrogen and oxygen atoms in total. The molecule has 0 saturated carbocycles. The normalized spacial score (nSPS) is 17.8. The van der Waals surface area contributed by atoms with Crippen LogP contribution in [0, 0.1) is 12.7 Å². The van der Waals surface area contributed by atoms with Gasteiger partial charge in [0.25, 0.3) is 5.91 Å². The number of rotatable bonds is 3. The molecule has 2 atom stereocenters. The zero-order valence-electron chi connectivity index (χ0n) is 14.1. The zero-order valence-corrected chi connectivity index (χ0v) is 14.1. The lowest BCUT2D eigenvalue weighted by Gasteiger charge is -2.38. The summed E-state index contributed by atoms with van der Waals surface area (Å²) in [6.07, 6.45) is 0.215. The number of halogens is 1. The molecule has 0 bridgehead atoms. The molecule has 0 aromatic heterocycles. The van der Waals surface area contributed by atoms with Gasteiger partial charge in [0.05, 0.1) is 11.7 Å². The summed E-state index contributed by atoms with van der Waals surface area (Å²) in [5.74, 6) is -0.779. The van der Waals surface area contributed by atoms with Crippen molar-refractivity contribution in [2.45, 2.75) is 32.4 Å². The van der Waals surface area contributed by atoms with Gasteiger partial charge in [0, 0.05) is 6.42 Å². The van der Waals surface area contributed by atoms with Gasteiger partial charge in [0.1, 0.15) is 11.9 Å². The van der Waals surface area contributed by atoms with Gasteiger partial charge >= 0.3 is 6.03 Å². The minimum atomic E-state index is -0.807. The first-order valence-corrected chi connectivity index (χ1v) is 8.12. The van der Waals surface area contributed by atoms with Gasteiger partial charge in [-0.05, 0) is 30.5 Å². The van der Waals surface area contributed by atoms with Gasteiger partial charge < -0.3 is 16.0 Å². The molecule has 0 radical (unpaired) electrons. The van der Waals surface area contributed by atoms with Gasteiger partial charge in [-0.3, -0.25) is 4.79 Å². The van der Waals surface area contributed by atoms with Gasteiger partial charge in [-0.1, -0.05) is 42.5 Å². The van der Waals surface area contributed by atoms with Crippen molar-refractivity contribution in [1.29, 1.82) is 0 Å². The number of nitrogens with two attached hydrogens (primary N) is 1. The van der Waals surface area contributed by atoms with Crippen molar-refractivity contribution in [3.05, 3.63) is 65.0 Å². The van der Waals surface area contributed by atoms with Crippen LogP contribution in [-0.2, 0) is 11.2 Å². The van der Waals surface area contributed by atoms with Crippen molar-refractivity contribution in [3.63, 3.8) is 0 Å². The average Bonchev–Trinajstić information content (AvgIpc) is 2.59. The highest BCUT2D eigenvalue weighted by molar-refractivity contribution is 6.02. The molecule has 0 aliphatic carbocycles. The van der Waals surface area contributed by atoms with Gasteiger partial charge in [0.15, 0.2) is 0 Å². The molecule has 25 heavy (non-hydrogen) atoms. The van der Waals surface area contributed by atoms with Crippen LogP contribution in [0.5, 0.6) is 0 Å². The van der Waals surface area contributed by atoms with Crippen molar-refractivity contribution in [2.24, 2.45) is 5.73 Å². The number of anilines is 1. The largest absolute Gasteiger partial charge is 0.352 e. The van der Waals surface area contributed by atoms with Crippen molar-refractivity contribution in [2.75, 3.05) is 4.90 Å². The number of urea groups is 1. The number of primary amides is 1. The number of fused-ring (bicyclic) bond motifs is 1. The Hall–Kier alpha value is -2.89. The topological polar surface area (TPSA) is 75.4 Å². The summed E-state index contributed by atoms with van der Waals surface area (Å²) in [4.78, 5) is 25.7. The minimum absolute atomic E-state index is 0.215. The highest BCUT2D eigenvalue weighted by atomic mass is 19.1. The molecule has 0 saturated heterocycles. The molecule has 130 valence electrons. The molecular weight excluding hydrogens is 321 g/mol. The molecular formula is C19H20FN3O2. The van der Waals surface area contributed by atoms with E-state index in [4.69, 9.17) is 5.73 Å². The van der Waals surface area contributed by atoms with Gasteiger partial charge in [-0.2, -0.15) is 0 Å². The minimum Gasteiger partial charge on any atom is -0.352 e. The molecule has 6 heteroatoms. The van der Waals surface area contributed by atoms with E-state index < -0.39 is 17.9 Å². The van der Waals surface area contributed by atoms with Crippen LogP contribution in [0.1, 0.15) is 29.7 Å². The van der Waals surface area contributed by atoms with E-state index in [0.717, 1.165) is 5.56 Å². The Balaban J connectivity index is 2.12. The lowest BCUT2D eigenvalue weighted by atomic mass is 9.92. The van der Waals surface area contributed by atoms with Crippen LogP contribution in [0.4, 0.5) is 14.9 Å². The van der Waals surface area contributed by atoms with E-state index >= 15 is 0 Å². The Labute approximate surface area is 145 Å². The number of nitrogens with one attached hydrogen (secondary N) is 1. The van der Waals surface area contributed by atoms with E-state index in [0.29, 0.717) is 11.1 Å². The van der Waals surface area contributed by atoms with E-state index in [9.17, 15) is 14.0 Å². The van der Waals surface area contributed by atoms with Crippen molar-refractivity contribution in [1.82, 2.24) is 5.32 Å². The van der Waals surface area contributed by atoms with Crippen molar-refractivity contribution < 1.29 is 14.0 Å². The third-order valence-corrected chi connectivity index (χ3v) is 4.58. The van der Waals surface area contributed by atoms with Crippen molar-refractivity contribution in [3.8, 4) is 0 Å². The number of aryl methyl sites for hydroxylation is 1. The van der Waals surface area contributed by atoms with Gasteiger partial charge in [-0.25, -0.2) is 9.18 Å². The second kappa shape index (κ2) is 6.55. The van der Waals surface area contributed by atoms with Crippen LogP contribution < -0.4 is 16.0 Å². The van der Waals surface area contributed by atoms with Gasteiger partial charge in [0.2, 0.25) is 0 Å². The number of nitrogens with zero attached hydrogens (tertiary/aromatic N) is 1. The predicted octanol–water partition coefficient (Wildman–Crippen LogP) is 2.82. The van der Waals surface area contributed by atoms with E-state index in [1.54, 1.807) is 19.1 Å². The van der Waals surface area contributed by atoms with Gasteiger partial charge in [-0.15, -0.1) is 0 Å². The van der Waals surface area contributed by atoms with Crippen LogP contribution in [0.2, 0.25) is 0 Å². The van der Waals surface area contributed by atoms with E-state index in [1.165, 1.54) is 4.90 Å². The molecule has 1 aliphatic rings. The summed E-state index contributed by atoms with van der Waals surface area (Å²) < 4.78 is 14.9. The Morgan fingerprint density at radius 2 is 1.96 bits per heavy atom. The van der Waals surface area contributed by atoms with Crippen molar-refractivity contribution >= 4 is 17.6 Å². The fraction of sp³-hybridized carbons (Fsp3) is 0.263. The Morgan fingerprint density at radius 3 is 2.60 bits per heavy atom. The molecule has 0 fully saturated rings. The Bertz CT molecular complexity index is 823. The number of hydrogen-bond donors (Lipinski definition) is 2. The molecule has 1 aliphatic heterocycles. The lowest BCUT2D eigenvalue weighted by molar-refractivity contribution is -0.121. The van der Waals surface area contributed by atoms with Crippen LogP contribution in [0.25, 0.3) is 0 Å². The first kappa shape index (κ1) is 17.0. The highest BCUT2D eigenvalue weighted by Gasteiger charge is 2.38. The maximum absolute atomic E-state index is 14.9. The van der Waals surface area contributed by atoms with Crippen LogP contribution in [0.15, 0.2) is 42.5 Å². The fourth-order valence-corrected chi connectivity index (χ4v) is 3.27. The predicted molar refractivity (Wildman–Crippen MR) is 93.7 cm³/mol. The van der Waals surface area contributed by atoms with E-state index in [1.807, 2.05) is 37.3 Å². The third-order valence-electron chi connectivity index (χ3n) is 4.58. The van der Waals surface area contributed by atoms with E-state index in [-0.39, 0.29) is 24.1 Å². The summed E-state index contributed by atoms with van der Waals surface area (Å²) in [6.45, 7) is 3.50. The monoisotopic (exact) mass is 341 g/mol. The number of benzene rings is 2. The fourth-order valence-electron chi connectivity index (χ4n) is 3.27. The Kier molecular flexibility index (Phi) is 4.44. The summed E-state index contributed by atoms with van der Waals surface area (Å²) in [5.41, 5.74) is 7.50. The molecule has 3 N–H and O–H groups in total. The molecule has 1 heterocycles. The number of amides is 3. The number of carbonyl (C=O) groups excluding carboxylic acids is 2. The molecule has 2 aromatic carbocycles. The van der Waals surface area contributed by atoms with Crippen LogP contribution in [0.3, 0.4) is 0 Å². The summed E-state index contributed by atoms with van der Waals surface area (Å²) in [7, 11) is 0. The SMILES string of the molecule is Cc1ccc2c(c1F)N([C@@H](C)c1ccccc1)C(=O)[C@H](NC(N)=O)C2. The van der Waals surface area contributed by atoms with Crippen LogP contribution in [-0.4, -0.2) is 18.0 Å². The smallest absolute Gasteiger partial charge is 0.312 e. The molecule has 3 amide bonds. The maximum atomic E-state index is 14.9. The van der Waals surface area contributed by atoms with E-state index in [2.05, 4.69) is 5.32 Å². The quantitative estimate of drug-likeness (QED) is 0.901. The Morgan fingerprint density at radius 1 is 1.28 bits per heavy atom. The molecule has 0 unspecified atom stereocenters. The third kappa shape index (κ3) is 3.07. The summed E-state index contributed by atoms with van der Waals surface area (Å²) in [6, 6.07) is 10.9. The lowest BCUT2D eigenvalue weighted by Crippen LogP contribution is -2.55. The number of carbonyl (C=O) groups is 2. The summed E-state index contributed by atoms with van der Waals surface area (Å²) >= 11 is 0. The average molecular weight is 341 g/mol. The first-order chi connectivity index (χ1) is 11.9. The van der Waals surface area contributed by atoms with Crippen LogP contribution >= 0.6 is 0 Å². The standard InChI is InChI=1S/C19H20FN3O2/c1-11-8-9-14-10-15(22-19(21)25)18(24)23(17(14)16(11)20)12(2)13-6-4-3-5-7-13/h3-9,12,15H,10H2,1-2H3,(H3,21,22,25)/t12-,15+/m0/s1. The highest BCUT2D eigenvalue weighted by Crippen LogP contribution is 2.37. The second-order valence-corrected chi connectivity index (χ2v) is 6.26. The maximum Gasteiger partial charge on any atom is 0.312 e. The molecule has 0 spiro atoms. The summed E-state index contributed by atoms with van der Waals surface area (Å²) in [5, 5.41) is 2.47. The first-order valence-electron chi connectivity index (χ1n) is 8.12. The number of hydrogen-bond acceptors (Lipinski definition) is 2.